The molecule has 3 heterocycles. The maximum Gasteiger partial charge on any atom is 0.410 e. The zero-order valence-electron chi connectivity index (χ0n) is 18.4. The maximum atomic E-state index is 12.4. The summed E-state index contributed by atoms with van der Waals surface area (Å²) in [7, 11) is 0. The fraction of sp³-hybridized carbons (Fsp3) is 0.455. The molecule has 31 heavy (non-hydrogen) atoms. The lowest BCUT2D eigenvalue weighted by molar-refractivity contribution is 0.0165. The van der Waals surface area contributed by atoms with Gasteiger partial charge in [0.05, 0.1) is 11.3 Å². The minimum atomic E-state index is -0.557. The normalized spacial score (nSPS) is 18.9. The van der Waals surface area contributed by atoms with Gasteiger partial charge in [-0.3, -0.25) is 4.79 Å². The van der Waals surface area contributed by atoms with E-state index in [-0.39, 0.29) is 18.1 Å². The van der Waals surface area contributed by atoms with E-state index in [1.54, 1.807) is 17.2 Å². The Bertz CT molecular complexity index is 929. The van der Waals surface area contributed by atoms with Crippen molar-refractivity contribution < 1.29 is 14.3 Å². The Morgan fingerprint density at radius 1 is 1.23 bits per heavy atom. The average Bonchev–Trinajstić information content (AvgIpc) is 2.69. The third-order valence-electron chi connectivity index (χ3n) is 4.99. The van der Waals surface area contributed by atoms with E-state index in [1.165, 1.54) is 6.20 Å². The molecule has 0 spiro atoms. The number of primary amides is 1. The van der Waals surface area contributed by atoms with Gasteiger partial charge in [-0.1, -0.05) is 13.0 Å². The number of nitrogens with zero attached hydrogens (tertiary/aromatic N) is 3. The molecule has 2 atom stereocenters. The van der Waals surface area contributed by atoms with Crippen molar-refractivity contribution in [1.29, 1.82) is 0 Å². The van der Waals surface area contributed by atoms with Gasteiger partial charge in [0, 0.05) is 37.6 Å². The van der Waals surface area contributed by atoms with Crippen molar-refractivity contribution in [3.05, 3.63) is 42.2 Å². The van der Waals surface area contributed by atoms with E-state index < -0.39 is 11.5 Å². The van der Waals surface area contributed by atoms with Crippen LogP contribution in [0.3, 0.4) is 0 Å². The molecule has 1 saturated heterocycles. The lowest BCUT2D eigenvalue weighted by Crippen LogP contribution is -2.49. The fourth-order valence-corrected chi connectivity index (χ4v) is 3.46. The summed E-state index contributed by atoms with van der Waals surface area (Å²) < 4.78 is 5.48. The Kier molecular flexibility index (Phi) is 6.62. The first-order valence-electron chi connectivity index (χ1n) is 10.3. The number of ether oxygens (including phenoxy) is 1. The van der Waals surface area contributed by atoms with Gasteiger partial charge < -0.3 is 26.0 Å². The predicted octanol–water partition coefficient (Wildman–Crippen LogP) is 3.38. The number of likely N-dealkylation sites (tertiary alicyclic amines) is 1. The van der Waals surface area contributed by atoms with Gasteiger partial charge in [-0.05, 0) is 45.2 Å². The molecule has 1 aliphatic heterocycles. The number of carbonyl (C=O) groups excluding carboxylic acids is 2. The Labute approximate surface area is 182 Å². The average molecular weight is 427 g/mol. The van der Waals surface area contributed by atoms with Crippen LogP contribution in [0, 0.1) is 5.92 Å². The molecular weight excluding hydrogens is 396 g/mol. The molecule has 1 aliphatic rings. The van der Waals surface area contributed by atoms with E-state index in [2.05, 4.69) is 27.5 Å². The Hall–Kier alpha value is -3.36. The van der Waals surface area contributed by atoms with Gasteiger partial charge in [-0.25, -0.2) is 14.8 Å². The first kappa shape index (κ1) is 22.3. The van der Waals surface area contributed by atoms with Gasteiger partial charge in [-0.15, -0.1) is 0 Å². The minimum Gasteiger partial charge on any atom is -0.444 e. The van der Waals surface area contributed by atoms with Crippen LogP contribution < -0.4 is 16.4 Å². The molecule has 0 radical (unpaired) electrons. The van der Waals surface area contributed by atoms with E-state index in [1.807, 2.05) is 39.0 Å². The topological polar surface area (TPSA) is 122 Å². The van der Waals surface area contributed by atoms with Crippen LogP contribution in [0.5, 0.6) is 0 Å². The standard InChI is InChI=1S/C22H30N6O3/c1-14-13-28(21(30)31-22(2,3)4)10-8-16(14)26-17-11-19(25-12-15(17)20(23)29)27-18-7-5-6-9-24-18/h5-7,9,11-12,14,16H,8,10,13H2,1-4H3,(H2,23,29)(H2,24,25,26,27)/t14-,16+/m0/s1. The summed E-state index contributed by atoms with van der Waals surface area (Å²) in [5.74, 6) is 0.775. The summed E-state index contributed by atoms with van der Waals surface area (Å²) in [5, 5.41) is 6.55. The van der Waals surface area contributed by atoms with E-state index >= 15 is 0 Å². The molecule has 4 N–H and O–H groups in total. The van der Waals surface area contributed by atoms with Gasteiger partial charge in [0.25, 0.3) is 5.91 Å². The van der Waals surface area contributed by atoms with Crippen LogP contribution in [0.25, 0.3) is 0 Å². The van der Waals surface area contributed by atoms with Crippen LogP contribution in [0.2, 0.25) is 0 Å². The second-order valence-electron chi connectivity index (χ2n) is 8.76. The molecule has 1 fully saturated rings. The summed E-state index contributed by atoms with van der Waals surface area (Å²) in [6.45, 7) is 8.75. The second kappa shape index (κ2) is 9.20. The number of amides is 2. The van der Waals surface area contributed by atoms with Gasteiger partial charge in [0.2, 0.25) is 0 Å². The van der Waals surface area contributed by atoms with E-state index in [0.717, 1.165) is 0 Å². The highest BCUT2D eigenvalue weighted by molar-refractivity contribution is 5.98. The predicted molar refractivity (Wildman–Crippen MR) is 119 cm³/mol. The molecule has 0 bridgehead atoms. The fourth-order valence-electron chi connectivity index (χ4n) is 3.46. The highest BCUT2D eigenvalue weighted by atomic mass is 16.6. The van der Waals surface area contributed by atoms with Crippen molar-refractivity contribution in [2.75, 3.05) is 23.7 Å². The second-order valence-corrected chi connectivity index (χ2v) is 8.76. The van der Waals surface area contributed by atoms with Gasteiger partial charge in [0.15, 0.2) is 0 Å². The number of piperidine rings is 1. The summed E-state index contributed by atoms with van der Waals surface area (Å²) in [5.41, 5.74) is 5.94. The largest absolute Gasteiger partial charge is 0.444 e. The summed E-state index contributed by atoms with van der Waals surface area (Å²) in [4.78, 5) is 34.5. The zero-order chi connectivity index (χ0) is 22.6. The Morgan fingerprint density at radius 2 is 2.00 bits per heavy atom. The molecule has 9 nitrogen and oxygen atoms in total. The summed E-state index contributed by atoms with van der Waals surface area (Å²) in [6.07, 6.45) is 3.54. The number of hydrogen-bond acceptors (Lipinski definition) is 7. The number of pyridine rings is 2. The lowest BCUT2D eigenvalue weighted by Gasteiger charge is -2.38. The van der Waals surface area contributed by atoms with Crippen LogP contribution in [0.1, 0.15) is 44.5 Å². The monoisotopic (exact) mass is 426 g/mol. The Morgan fingerprint density at radius 3 is 2.61 bits per heavy atom. The quantitative estimate of drug-likeness (QED) is 0.670. The number of nitrogens with one attached hydrogen (secondary N) is 2. The van der Waals surface area contributed by atoms with Crippen LogP contribution in [0.15, 0.2) is 36.7 Å². The Balaban J connectivity index is 1.71. The molecular formula is C22H30N6O3. The third kappa shape index (κ3) is 6.07. The highest BCUT2D eigenvalue weighted by Gasteiger charge is 2.31. The van der Waals surface area contributed by atoms with Gasteiger partial charge in [-0.2, -0.15) is 0 Å². The molecule has 0 aliphatic carbocycles. The van der Waals surface area contributed by atoms with E-state index in [4.69, 9.17) is 10.5 Å². The maximum absolute atomic E-state index is 12.4. The number of carbonyl (C=O) groups is 2. The van der Waals surface area contributed by atoms with Crippen molar-refractivity contribution in [2.24, 2.45) is 11.7 Å². The molecule has 2 aromatic heterocycles. The molecule has 0 unspecified atom stereocenters. The zero-order valence-corrected chi connectivity index (χ0v) is 18.4. The lowest BCUT2D eigenvalue weighted by atomic mass is 9.93. The van der Waals surface area contributed by atoms with Gasteiger partial charge in [0.1, 0.15) is 17.2 Å². The highest BCUT2D eigenvalue weighted by Crippen LogP contribution is 2.26. The SMILES string of the molecule is C[C@H]1CN(C(=O)OC(C)(C)C)CC[C@H]1Nc1cc(Nc2ccccn2)ncc1C(N)=O. The van der Waals surface area contributed by atoms with E-state index in [0.29, 0.717) is 42.4 Å². The van der Waals surface area contributed by atoms with Crippen LogP contribution in [-0.2, 0) is 4.74 Å². The third-order valence-corrected chi connectivity index (χ3v) is 4.99. The molecule has 2 aromatic rings. The molecule has 9 heteroatoms. The first-order valence-corrected chi connectivity index (χ1v) is 10.3. The minimum absolute atomic E-state index is 0.0573. The molecule has 0 aromatic carbocycles. The number of rotatable bonds is 5. The van der Waals surface area contributed by atoms with Crippen LogP contribution >= 0.6 is 0 Å². The number of anilines is 3. The van der Waals surface area contributed by atoms with Crippen molar-refractivity contribution in [3.8, 4) is 0 Å². The molecule has 166 valence electrons. The van der Waals surface area contributed by atoms with E-state index in [9.17, 15) is 9.59 Å². The summed E-state index contributed by atoms with van der Waals surface area (Å²) in [6, 6.07) is 7.33. The number of nitrogens with two attached hydrogens (primary N) is 1. The number of hydrogen-bond donors (Lipinski definition) is 3. The molecule has 3 rings (SSSR count). The molecule has 2 amide bonds. The van der Waals surface area contributed by atoms with Crippen LogP contribution in [0.4, 0.5) is 22.1 Å². The van der Waals surface area contributed by atoms with Crippen molar-refractivity contribution in [1.82, 2.24) is 14.9 Å². The van der Waals surface area contributed by atoms with Crippen molar-refractivity contribution in [2.45, 2.75) is 45.8 Å². The first-order chi connectivity index (χ1) is 14.6. The molecule has 0 saturated carbocycles. The van der Waals surface area contributed by atoms with Crippen molar-refractivity contribution >= 4 is 29.3 Å². The number of aromatic nitrogens is 2. The van der Waals surface area contributed by atoms with Gasteiger partial charge >= 0.3 is 6.09 Å². The van der Waals surface area contributed by atoms with Crippen LogP contribution in [-0.4, -0.2) is 51.6 Å². The smallest absolute Gasteiger partial charge is 0.410 e. The summed E-state index contributed by atoms with van der Waals surface area (Å²) >= 11 is 0. The van der Waals surface area contributed by atoms with Crippen molar-refractivity contribution in [3.63, 3.8) is 0 Å².